The monoisotopic (exact) mass is 327 g/mol. The Balaban J connectivity index is 1.81. The molecule has 0 spiro atoms. The van der Waals surface area contributed by atoms with Crippen LogP contribution in [0.3, 0.4) is 0 Å². The van der Waals surface area contributed by atoms with Crippen LogP contribution in [0.5, 0.6) is 17.2 Å². The maximum atomic E-state index is 6.06. The molecule has 0 bridgehead atoms. The van der Waals surface area contributed by atoms with Crippen molar-refractivity contribution in [2.75, 3.05) is 27.4 Å². The van der Waals surface area contributed by atoms with Crippen molar-refractivity contribution in [3.63, 3.8) is 0 Å². The van der Waals surface area contributed by atoms with Crippen LogP contribution in [-0.2, 0) is 6.42 Å². The number of ether oxygens (including phenoxy) is 3. The summed E-state index contributed by atoms with van der Waals surface area (Å²) in [7, 11) is 3.34. The van der Waals surface area contributed by atoms with Gasteiger partial charge in [-0.1, -0.05) is 6.07 Å². The van der Waals surface area contributed by atoms with E-state index in [1.54, 1.807) is 14.2 Å². The molecule has 2 aromatic carbocycles. The summed E-state index contributed by atoms with van der Waals surface area (Å²) in [6.45, 7) is 5.70. The first-order valence-electron chi connectivity index (χ1n) is 8.30. The van der Waals surface area contributed by atoms with Crippen LogP contribution in [0.4, 0.5) is 0 Å². The van der Waals surface area contributed by atoms with Gasteiger partial charge in [0.2, 0.25) is 0 Å². The molecule has 0 unspecified atom stereocenters. The molecule has 0 radical (unpaired) electrons. The molecule has 0 saturated heterocycles. The molecular formula is C20H25NO3. The van der Waals surface area contributed by atoms with Crippen LogP contribution < -0.4 is 19.5 Å². The minimum absolute atomic E-state index is 0.148. The molecule has 1 atom stereocenters. The van der Waals surface area contributed by atoms with E-state index in [2.05, 4.69) is 49.5 Å². The van der Waals surface area contributed by atoms with Crippen LogP contribution in [-0.4, -0.2) is 27.4 Å². The summed E-state index contributed by atoms with van der Waals surface area (Å²) in [5.74, 6) is 2.46. The predicted octanol–water partition coefficient (Wildman–Crippen LogP) is 3.59. The van der Waals surface area contributed by atoms with E-state index in [1.807, 2.05) is 0 Å². The normalized spacial score (nSPS) is 16.4. The SMILES string of the molecule is COc1cc2c(cc1OC)[C@@H](COc1cc(C)cc(C)c1)NCC2. The molecule has 0 aromatic heterocycles. The fourth-order valence-corrected chi connectivity index (χ4v) is 3.31. The lowest BCUT2D eigenvalue weighted by atomic mass is 9.94. The zero-order valence-electron chi connectivity index (χ0n) is 14.8. The summed E-state index contributed by atoms with van der Waals surface area (Å²) in [5.41, 5.74) is 4.95. The Bertz CT molecular complexity index is 707. The molecule has 1 heterocycles. The summed E-state index contributed by atoms with van der Waals surface area (Å²) >= 11 is 0. The first kappa shape index (κ1) is 16.7. The lowest BCUT2D eigenvalue weighted by molar-refractivity contribution is 0.260. The van der Waals surface area contributed by atoms with Crippen LogP contribution in [0.25, 0.3) is 0 Å². The summed E-state index contributed by atoms with van der Waals surface area (Å²) in [4.78, 5) is 0. The van der Waals surface area contributed by atoms with Crippen molar-refractivity contribution in [3.8, 4) is 17.2 Å². The fraction of sp³-hybridized carbons (Fsp3) is 0.400. The number of benzene rings is 2. The Morgan fingerprint density at radius 2 is 1.62 bits per heavy atom. The lowest BCUT2D eigenvalue weighted by Gasteiger charge is -2.28. The number of nitrogens with one attached hydrogen (secondary N) is 1. The highest BCUT2D eigenvalue weighted by Gasteiger charge is 2.23. The Morgan fingerprint density at radius 1 is 0.958 bits per heavy atom. The number of rotatable bonds is 5. The topological polar surface area (TPSA) is 39.7 Å². The second kappa shape index (κ2) is 7.14. The molecule has 0 amide bonds. The molecule has 24 heavy (non-hydrogen) atoms. The van der Waals surface area contributed by atoms with Gasteiger partial charge in [0.15, 0.2) is 11.5 Å². The van der Waals surface area contributed by atoms with Crippen molar-refractivity contribution < 1.29 is 14.2 Å². The van der Waals surface area contributed by atoms with Crippen LogP contribution >= 0.6 is 0 Å². The van der Waals surface area contributed by atoms with Crippen molar-refractivity contribution in [3.05, 3.63) is 52.6 Å². The smallest absolute Gasteiger partial charge is 0.161 e. The van der Waals surface area contributed by atoms with Crippen LogP contribution in [0, 0.1) is 13.8 Å². The van der Waals surface area contributed by atoms with E-state index in [0.29, 0.717) is 6.61 Å². The standard InChI is InChI=1S/C20H25NO3/c1-13-7-14(2)9-16(8-13)24-12-18-17-11-20(23-4)19(22-3)10-15(17)5-6-21-18/h7-11,18,21H,5-6,12H2,1-4H3/t18-/m1/s1. The summed E-state index contributed by atoms with van der Waals surface area (Å²) in [6.07, 6.45) is 0.982. The average molecular weight is 327 g/mol. The van der Waals surface area contributed by atoms with E-state index < -0.39 is 0 Å². The van der Waals surface area contributed by atoms with Gasteiger partial charge in [-0.25, -0.2) is 0 Å². The number of fused-ring (bicyclic) bond motifs is 1. The van der Waals surface area contributed by atoms with Gasteiger partial charge >= 0.3 is 0 Å². The molecule has 2 aromatic rings. The Kier molecular flexibility index (Phi) is 4.95. The van der Waals surface area contributed by atoms with E-state index in [9.17, 15) is 0 Å². The highest BCUT2D eigenvalue weighted by Crippen LogP contribution is 2.35. The van der Waals surface area contributed by atoms with Crippen LogP contribution in [0.1, 0.15) is 28.3 Å². The minimum atomic E-state index is 0.148. The van der Waals surface area contributed by atoms with E-state index in [4.69, 9.17) is 14.2 Å². The van der Waals surface area contributed by atoms with Gasteiger partial charge in [-0.2, -0.15) is 0 Å². The third-order valence-electron chi connectivity index (χ3n) is 4.42. The van der Waals surface area contributed by atoms with Crippen LogP contribution in [0.15, 0.2) is 30.3 Å². The number of methoxy groups -OCH3 is 2. The first-order valence-corrected chi connectivity index (χ1v) is 8.30. The summed E-state index contributed by atoms with van der Waals surface area (Å²) in [6, 6.07) is 10.6. The van der Waals surface area contributed by atoms with Gasteiger partial charge in [0.1, 0.15) is 12.4 Å². The fourth-order valence-electron chi connectivity index (χ4n) is 3.31. The van der Waals surface area contributed by atoms with Gasteiger partial charge in [0, 0.05) is 0 Å². The molecule has 128 valence electrons. The van der Waals surface area contributed by atoms with Crippen molar-refractivity contribution in [1.29, 1.82) is 0 Å². The Hall–Kier alpha value is -2.20. The van der Waals surface area contributed by atoms with Gasteiger partial charge in [-0.15, -0.1) is 0 Å². The maximum Gasteiger partial charge on any atom is 0.161 e. The zero-order valence-corrected chi connectivity index (χ0v) is 14.8. The molecule has 4 nitrogen and oxygen atoms in total. The van der Waals surface area contributed by atoms with Gasteiger partial charge in [-0.3, -0.25) is 0 Å². The zero-order chi connectivity index (χ0) is 17.1. The molecule has 0 aliphatic carbocycles. The van der Waals surface area contributed by atoms with Crippen molar-refractivity contribution in [1.82, 2.24) is 5.32 Å². The third-order valence-corrected chi connectivity index (χ3v) is 4.42. The van der Waals surface area contributed by atoms with Gasteiger partial charge < -0.3 is 19.5 Å². The molecule has 1 N–H and O–H groups in total. The maximum absolute atomic E-state index is 6.06. The summed E-state index contributed by atoms with van der Waals surface area (Å²) in [5, 5.41) is 3.54. The van der Waals surface area contributed by atoms with Crippen LogP contribution in [0.2, 0.25) is 0 Å². The molecule has 1 aliphatic heterocycles. The molecule has 4 heteroatoms. The molecule has 3 rings (SSSR count). The van der Waals surface area contributed by atoms with E-state index >= 15 is 0 Å². The molecule has 0 saturated carbocycles. The Labute approximate surface area is 143 Å². The highest BCUT2D eigenvalue weighted by atomic mass is 16.5. The largest absolute Gasteiger partial charge is 0.493 e. The highest BCUT2D eigenvalue weighted by molar-refractivity contribution is 5.49. The van der Waals surface area contributed by atoms with E-state index in [-0.39, 0.29) is 6.04 Å². The number of hydrogen-bond acceptors (Lipinski definition) is 4. The second-order valence-electron chi connectivity index (χ2n) is 6.30. The lowest BCUT2D eigenvalue weighted by Crippen LogP contribution is -2.33. The molecule has 0 fully saturated rings. The number of hydrogen-bond donors (Lipinski definition) is 1. The quantitative estimate of drug-likeness (QED) is 0.911. The van der Waals surface area contributed by atoms with Crippen molar-refractivity contribution >= 4 is 0 Å². The van der Waals surface area contributed by atoms with E-state index in [1.165, 1.54) is 22.3 Å². The molecular weight excluding hydrogens is 302 g/mol. The predicted molar refractivity (Wildman–Crippen MR) is 95.4 cm³/mol. The minimum Gasteiger partial charge on any atom is -0.493 e. The summed E-state index contributed by atoms with van der Waals surface area (Å²) < 4.78 is 16.9. The van der Waals surface area contributed by atoms with Gasteiger partial charge in [0.05, 0.1) is 20.3 Å². The van der Waals surface area contributed by atoms with Gasteiger partial charge in [0.25, 0.3) is 0 Å². The molecule has 1 aliphatic rings. The first-order chi connectivity index (χ1) is 11.6. The Morgan fingerprint density at radius 3 is 2.29 bits per heavy atom. The van der Waals surface area contributed by atoms with E-state index in [0.717, 1.165) is 30.2 Å². The third kappa shape index (κ3) is 3.49. The van der Waals surface area contributed by atoms with Crippen molar-refractivity contribution in [2.24, 2.45) is 0 Å². The van der Waals surface area contributed by atoms with Crippen molar-refractivity contribution in [2.45, 2.75) is 26.3 Å². The number of aryl methyl sites for hydroxylation is 2. The average Bonchev–Trinajstić information content (AvgIpc) is 2.57. The van der Waals surface area contributed by atoms with Gasteiger partial charge in [-0.05, 0) is 73.3 Å². The second-order valence-corrected chi connectivity index (χ2v) is 6.30.